The molecule has 4 nitrogen and oxygen atoms in total. The van der Waals surface area contributed by atoms with Crippen LogP contribution < -0.4 is 5.32 Å². The summed E-state index contributed by atoms with van der Waals surface area (Å²) in [4.78, 5) is 12.1. The normalized spacial score (nSPS) is 21.9. The largest absolute Gasteiger partial charge is 0.307 e. The molecule has 2 aliphatic rings. The summed E-state index contributed by atoms with van der Waals surface area (Å²) in [7, 11) is 0. The Bertz CT molecular complexity index is 694. The van der Waals surface area contributed by atoms with Gasteiger partial charge in [0.2, 0.25) is 0 Å². The van der Waals surface area contributed by atoms with E-state index in [9.17, 15) is 0 Å². The Balaban J connectivity index is 1.35. The summed E-state index contributed by atoms with van der Waals surface area (Å²) < 4.78 is 0. The van der Waals surface area contributed by atoms with Crippen molar-refractivity contribution in [2.45, 2.75) is 51.1 Å². The standard InChI is InChI=1S/C21H28N4/c1-16(17-6-3-2-4-7-17)9-12-25-13-10-19-18(15-25)14-23-21(24-19)20-8-5-11-22-20/h2-4,6-7,14,16,20,22H,5,8-13,15H2,1H3/t16-,20-/m1/s1. The van der Waals surface area contributed by atoms with Crippen LogP contribution in [0, 0.1) is 0 Å². The molecule has 0 spiro atoms. The van der Waals surface area contributed by atoms with Crippen molar-refractivity contribution in [3.8, 4) is 0 Å². The van der Waals surface area contributed by atoms with Crippen molar-refractivity contribution in [1.29, 1.82) is 0 Å². The van der Waals surface area contributed by atoms with Crippen molar-refractivity contribution >= 4 is 0 Å². The van der Waals surface area contributed by atoms with E-state index in [1.165, 1.54) is 36.1 Å². The molecule has 3 heterocycles. The molecule has 132 valence electrons. The summed E-state index contributed by atoms with van der Waals surface area (Å²) in [5.74, 6) is 1.61. The zero-order chi connectivity index (χ0) is 17.1. The molecule has 1 saturated heterocycles. The van der Waals surface area contributed by atoms with E-state index in [0.717, 1.165) is 38.4 Å². The SMILES string of the molecule is C[C@H](CCN1CCc2nc([C@H]3CCCN3)ncc2C1)c1ccccc1. The third-order valence-electron chi connectivity index (χ3n) is 5.65. The molecule has 2 aliphatic heterocycles. The van der Waals surface area contributed by atoms with Gasteiger partial charge in [-0.15, -0.1) is 0 Å². The number of aromatic nitrogens is 2. The summed E-state index contributed by atoms with van der Waals surface area (Å²) >= 11 is 0. The first-order valence-corrected chi connectivity index (χ1v) is 9.65. The molecule has 1 N–H and O–H groups in total. The van der Waals surface area contributed by atoms with Crippen LogP contribution in [0.2, 0.25) is 0 Å². The van der Waals surface area contributed by atoms with Crippen LogP contribution in [-0.4, -0.2) is 34.5 Å². The van der Waals surface area contributed by atoms with E-state index in [4.69, 9.17) is 4.98 Å². The lowest BCUT2D eigenvalue weighted by molar-refractivity contribution is 0.242. The topological polar surface area (TPSA) is 41.1 Å². The van der Waals surface area contributed by atoms with Gasteiger partial charge in [-0.05, 0) is 43.8 Å². The molecule has 0 aliphatic carbocycles. The van der Waals surface area contributed by atoms with Crippen LogP contribution in [0.3, 0.4) is 0 Å². The molecular weight excluding hydrogens is 308 g/mol. The van der Waals surface area contributed by atoms with Crippen molar-refractivity contribution in [2.75, 3.05) is 19.6 Å². The van der Waals surface area contributed by atoms with Crippen molar-refractivity contribution in [3.05, 3.63) is 59.2 Å². The van der Waals surface area contributed by atoms with Crippen molar-refractivity contribution in [3.63, 3.8) is 0 Å². The minimum absolute atomic E-state index is 0.370. The fourth-order valence-corrected chi connectivity index (χ4v) is 3.98. The average molecular weight is 336 g/mol. The van der Waals surface area contributed by atoms with E-state index in [1.54, 1.807) is 0 Å². The number of hydrogen-bond acceptors (Lipinski definition) is 4. The van der Waals surface area contributed by atoms with Crippen LogP contribution in [0.15, 0.2) is 36.5 Å². The number of nitrogens with one attached hydrogen (secondary N) is 1. The fourth-order valence-electron chi connectivity index (χ4n) is 3.98. The number of fused-ring (bicyclic) bond motifs is 1. The summed E-state index contributed by atoms with van der Waals surface area (Å²) in [5.41, 5.74) is 4.03. The van der Waals surface area contributed by atoms with Gasteiger partial charge < -0.3 is 5.32 Å². The van der Waals surface area contributed by atoms with Gasteiger partial charge in [0, 0.05) is 37.0 Å². The molecule has 2 atom stereocenters. The van der Waals surface area contributed by atoms with Gasteiger partial charge in [0.05, 0.1) is 6.04 Å². The molecule has 1 aromatic carbocycles. The molecule has 0 bridgehead atoms. The molecule has 1 fully saturated rings. The molecule has 0 amide bonds. The zero-order valence-corrected chi connectivity index (χ0v) is 15.1. The quantitative estimate of drug-likeness (QED) is 0.908. The van der Waals surface area contributed by atoms with Crippen LogP contribution in [0.4, 0.5) is 0 Å². The van der Waals surface area contributed by atoms with Gasteiger partial charge in [-0.3, -0.25) is 4.90 Å². The second kappa shape index (κ2) is 7.63. The third kappa shape index (κ3) is 3.91. The number of rotatable bonds is 5. The lowest BCUT2D eigenvalue weighted by Crippen LogP contribution is -2.33. The lowest BCUT2D eigenvalue weighted by atomic mass is 9.97. The van der Waals surface area contributed by atoms with Gasteiger partial charge in [0.1, 0.15) is 5.82 Å². The van der Waals surface area contributed by atoms with Gasteiger partial charge in [-0.2, -0.15) is 0 Å². The maximum Gasteiger partial charge on any atom is 0.145 e. The minimum atomic E-state index is 0.370. The van der Waals surface area contributed by atoms with Crippen LogP contribution in [0.1, 0.15) is 60.8 Å². The van der Waals surface area contributed by atoms with Crippen LogP contribution in [0.25, 0.3) is 0 Å². The first kappa shape index (κ1) is 16.7. The predicted octanol–water partition coefficient (Wildman–Crippen LogP) is 3.45. The third-order valence-corrected chi connectivity index (χ3v) is 5.65. The Kier molecular flexibility index (Phi) is 5.09. The molecule has 2 aromatic rings. The van der Waals surface area contributed by atoms with Crippen LogP contribution >= 0.6 is 0 Å². The summed E-state index contributed by atoms with van der Waals surface area (Å²) in [6, 6.07) is 11.2. The Morgan fingerprint density at radius 1 is 1.28 bits per heavy atom. The molecule has 4 rings (SSSR count). The van der Waals surface area contributed by atoms with Gasteiger partial charge in [0.25, 0.3) is 0 Å². The summed E-state index contributed by atoms with van der Waals surface area (Å²) in [6.07, 6.45) is 6.73. The molecule has 1 aromatic heterocycles. The molecule has 0 radical (unpaired) electrons. The van der Waals surface area contributed by atoms with E-state index in [-0.39, 0.29) is 0 Å². The highest BCUT2D eigenvalue weighted by molar-refractivity contribution is 5.22. The lowest BCUT2D eigenvalue weighted by Gasteiger charge is -2.29. The smallest absolute Gasteiger partial charge is 0.145 e. The second-order valence-corrected chi connectivity index (χ2v) is 7.48. The first-order chi connectivity index (χ1) is 12.3. The average Bonchev–Trinajstić information content (AvgIpc) is 3.21. The Morgan fingerprint density at radius 2 is 2.16 bits per heavy atom. The highest BCUT2D eigenvalue weighted by Crippen LogP contribution is 2.24. The van der Waals surface area contributed by atoms with Crippen molar-refractivity contribution in [2.24, 2.45) is 0 Å². The Morgan fingerprint density at radius 3 is 2.96 bits per heavy atom. The van der Waals surface area contributed by atoms with Crippen molar-refractivity contribution in [1.82, 2.24) is 20.2 Å². The molecule has 0 unspecified atom stereocenters. The number of nitrogens with zero attached hydrogens (tertiary/aromatic N) is 3. The van der Waals surface area contributed by atoms with Gasteiger partial charge in [-0.1, -0.05) is 37.3 Å². The van der Waals surface area contributed by atoms with E-state index >= 15 is 0 Å². The number of benzene rings is 1. The Labute approximate surface area is 150 Å². The van der Waals surface area contributed by atoms with E-state index in [1.807, 2.05) is 0 Å². The van der Waals surface area contributed by atoms with Crippen molar-refractivity contribution < 1.29 is 0 Å². The van der Waals surface area contributed by atoms with Gasteiger partial charge >= 0.3 is 0 Å². The summed E-state index contributed by atoms with van der Waals surface area (Å²) in [5, 5.41) is 3.50. The highest BCUT2D eigenvalue weighted by Gasteiger charge is 2.23. The second-order valence-electron chi connectivity index (χ2n) is 7.48. The fraction of sp³-hybridized carbons (Fsp3) is 0.524. The minimum Gasteiger partial charge on any atom is -0.307 e. The van der Waals surface area contributed by atoms with Gasteiger partial charge in [-0.25, -0.2) is 9.97 Å². The maximum atomic E-state index is 4.87. The Hall–Kier alpha value is -1.78. The molecule has 25 heavy (non-hydrogen) atoms. The monoisotopic (exact) mass is 336 g/mol. The highest BCUT2D eigenvalue weighted by atomic mass is 15.1. The predicted molar refractivity (Wildman–Crippen MR) is 100 cm³/mol. The molecule has 0 saturated carbocycles. The zero-order valence-electron chi connectivity index (χ0n) is 15.1. The molecular formula is C21H28N4. The first-order valence-electron chi connectivity index (χ1n) is 9.65. The van der Waals surface area contributed by atoms with E-state index in [2.05, 4.69) is 58.7 Å². The number of hydrogen-bond donors (Lipinski definition) is 1. The van der Waals surface area contributed by atoms with Gasteiger partial charge in [0.15, 0.2) is 0 Å². The summed E-state index contributed by atoms with van der Waals surface area (Å²) in [6.45, 7) is 6.68. The van der Waals surface area contributed by atoms with Crippen LogP contribution in [0.5, 0.6) is 0 Å². The molecule has 4 heteroatoms. The van der Waals surface area contributed by atoms with E-state index in [0.29, 0.717) is 12.0 Å². The van der Waals surface area contributed by atoms with Crippen LogP contribution in [-0.2, 0) is 13.0 Å². The van der Waals surface area contributed by atoms with E-state index < -0.39 is 0 Å². The maximum absolute atomic E-state index is 4.87.